The van der Waals surface area contributed by atoms with E-state index in [0.717, 1.165) is 65.6 Å². The van der Waals surface area contributed by atoms with Gasteiger partial charge in [-0.1, -0.05) is 12.8 Å². The van der Waals surface area contributed by atoms with Crippen LogP contribution < -0.4 is 5.32 Å². The summed E-state index contributed by atoms with van der Waals surface area (Å²) in [5.74, 6) is 0.347. The second kappa shape index (κ2) is 27.2. The van der Waals surface area contributed by atoms with E-state index in [1.807, 2.05) is 4.90 Å². The first-order valence-electron chi connectivity index (χ1n) is 26.2. The smallest absolute Gasteiger partial charge is 0.234 e. The molecule has 0 aromatic rings. The number of morpholine rings is 1. The topological polar surface area (TPSA) is 78.1 Å². The second-order valence-corrected chi connectivity index (χ2v) is 26.1. The fraction of sp³-hybridized carbons (Fsp3) is 0.963. The maximum Gasteiger partial charge on any atom is 0.234 e. The molecule has 0 aliphatic carbocycles. The highest BCUT2D eigenvalue weighted by atomic mass is 16.5. The molecule has 0 bridgehead atoms. The molecule has 386 valence electrons. The predicted molar refractivity (Wildman–Crippen MR) is 280 cm³/mol. The third-order valence-electron chi connectivity index (χ3n) is 13.9. The summed E-state index contributed by atoms with van der Waals surface area (Å²) in [5.41, 5.74) is 2.25. The Hall–Kier alpha value is -1.34. The maximum absolute atomic E-state index is 11.1. The van der Waals surface area contributed by atoms with Crippen molar-refractivity contribution in [1.82, 2.24) is 39.6 Å². The lowest BCUT2D eigenvalue weighted by atomic mass is 9.86. The number of nitrogens with zero attached hydrogens (tertiary/aromatic N) is 7. The Kier molecular flexibility index (Phi) is 25.8. The SMILES string of the molecule is CC(=O)N1CCN(C(C)(C)C)CC1.CC(C)(C)N1CCCC1.CC(C)(C)N1CCCCC1.CC(C)(C)N1CCCCC1(C)C.CC(C)(C)N1CCNC(=O)C1.CC(C)(C)N1CCOCC1. The number of hydrogen-bond acceptors (Lipinski definition) is 9. The molecule has 0 aromatic heterocycles. The summed E-state index contributed by atoms with van der Waals surface area (Å²) in [5, 5.41) is 2.80. The van der Waals surface area contributed by atoms with E-state index in [4.69, 9.17) is 4.74 Å². The van der Waals surface area contributed by atoms with E-state index in [1.165, 1.54) is 84.1 Å². The zero-order chi connectivity index (χ0) is 50.1. The Morgan fingerprint density at radius 2 is 0.831 bits per heavy atom. The van der Waals surface area contributed by atoms with E-state index in [1.54, 1.807) is 6.92 Å². The number of amides is 2. The fourth-order valence-corrected chi connectivity index (χ4v) is 9.60. The summed E-state index contributed by atoms with van der Waals surface area (Å²) in [6, 6.07) is 0. The lowest BCUT2D eigenvalue weighted by Gasteiger charge is -2.50. The molecule has 0 saturated carbocycles. The van der Waals surface area contributed by atoms with Crippen LogP contribution in [0.3, 0.4) is 0 Å². The Morgan fingerprint density at radius 3 is 1.12 bits per heavy atom. The Bertz CT molecular complexity index is 1270. The average molecular weight is 922 g/mol. The zero-order valence-corrected chi connectivity index (χ0v) is 47.3. The Morgan fingerprint density at radius 1 is 0.462 bits per heavy atom. The molecule has 6 aliphatic rings. The number of piperazine rings is 2. The van der Waals surface area contributed by atoms with Gasteiger partial charge < -0.3 is 15.0 Å². The van der Waals surface area contributed by atoms with Gasteiger partial charge in [-0.2, -0.15) is 0 Å². The van der Waals surface area contributed by atoms with Crippen LogP contribution in [-0.2, 0) is 14.3 Å². The standard InChI is InChI=1S/C11H23N.C10H20N2O.C9H19N.C8H16N2O.C8H17NO.C8H17N/c1-10(2,3)12-9-7-6-8-11(12,4)5;1-9(13)11-5-7-12(8-6-11)10(2,3)4;1-9(2,3)10-7-5-4-6-8-10;1-8(2,3)10-5-4-9-7(11)6-10;1-8(2,3)9-4-6-10-7-5-9;1-8(2,3)9-6-4-5-7-9/h6-9H2,1-5H3;5-8H2,1-4H3;4-8H2,1-3H3;4-6H2,1-3H3,(H,9,11);4-7H2,1-3H3;4-7H2,1-3H3. The molecular formula is C54H112N8O3. The molecule has 6 heterocycles. The molecule has 6 saturated heterocycles. The maximum atomic E-state index is 11.1. The van der Waals surface area contributed by atoms with E-state index in [0.29, 0.717) is 34.2 Å². The van der Waals surface area contributed by atoms with Crippen molar-refractivity contribution in [3.05, 3.63) is 0 Å². The van der Waals surface area contributed by atoms with E-state index < -0.39 is 0 Å². The van der Waals surface area contributed by atoms with E-state index in [-0.39, 0.29) is 22.9 Å². The Labute approximate surface area is 404 Å². The number of carbonyl (C=O) groups is 2. The summed E-state index contributed by atoms with van der Waals surface area (Å²) < 4.78 is 5.25. The first kappa shape index (κ1) is 61.7. The van der Waals surface area contributed by atoms with Crippen LogP contribution in [0.4, 0.5) is 0 Å². The molecule has 6 fully saturated rings. The van der Waals surface area contributed by atoms with E-state index in [9.17, 15) is 9.59 Å². The van der Waals surface area contributed by atoms with E-state index >= 15 is 0 Å². The number of carbonyl (C=O) groups excluding carboxylic acids is 2. The van der Waals surface area contributed by atoms with Crippen molar-refractivity contribution in [2.24, 2.45) is 0 Å². The zero-order valence-electron chi connectivity index (χ0n) is 47.3. The third kappa shape index (κ3) is 25.2. The summed E-state index contributed by atoms with van der Waals surface area (Å²) in [7, 11) is 0. The van der Waals surface area contributed by atoms with Gasteiger partial charge in [-0.25, -0.2) is 0 Å². The van der Waals surface area contributed by atoms with Gasteiger partial charge in [0.15, 0.2) is 0 Å². The highest BCUT2D eigenvalue weighted by Crippen LogP contribution is 2.33. The van der Waals surface area contributed by atoms with Crippen LogP contribution in [0.15, 0.2) is 0 Å². The van der Waals surface area contributed by atoms with Gasteiger partial charge in [-0.05, 0) is 210 Å². The molecule has 2 amide bonds. The summed E-state index contributed by atoms with van der Waals surface area (Å²) in [4.78, 5) is 38.8. The van der Waals surface area contributed by atoms with Gasteiger partial charge >= 0.3 is 0 Å². The first-order chi connectivity index (χ1) is 29.6. The molecule has 0 aromatic carbocycles. The molecule has 6 rings (SSSR count). The lowest BCUT2D eigenvalue weighted by molar-refractivity contribution is -0.131. The van der Waals surface area contributed by atoms with E-state index in [2.05, 4.69) is 173 Å². The van der Waals surface area contributed by atoms with Crippen LogP contribution in [0.5, 0.6) is 0 Å². The van der Waals surface area contributed by atoms with Crippen molar-refractivity contribution in [3.63, 3.8) is 0 Å². The lowest BCUT2D eigenvalue weighted by Crippen LogP contribution is -2.56. The van der Waals surface area contributed by atoms with Crippen LogP contribution in [0.1, 0.15) is 197 Å². The van der Waals surface area contributed by atoms with Crippen molar-refractivity contribution in [2.45, 2.75) is 236 Å². The number of hydrogen-bond donors (Lipinski definition) is 1. The molecule has 6 aliphatic heterocycles. The fourth-order valence-electron chi connectivity index (χ4n) is 9.60. The molecule has 0 unspecified atom stereocenters. The van der Waals surface area contributed by atoms with Gasteiger partial charge in [0.05, 0.1) is 19.8 Å². The number of rotatable bonds is 0. The summed E-state index contributed by atoms with van der Waals surface area (Å²) >= 11 is 0. The highest BCUT2D eigenvalue weighted by Gasteiger charge is 2.36. The second-order valence-electron chi connectivity index (χ2n) is 26.1. The number of nitrogens with one attached hydrogen (secondary N) is 1. The quantitative estimate of drug-likeness (QED) is 0.256. The molecule has 0 radical (unpaired) electrons. The minimum absolute atomic E-state index is 0.123. The molecule has 1 N–H and O–H groups in total. The van der Waals surface area contributed by atoms with Crippen LogP contribution in [-0.4, -0.2) is 190 Å². The van der Waals surface area contributed by atoms with Crippen LogP contribution >= 0.6 is 0 Å². The van der Waals surface area contributed by atoms with Gasteiger partial charge in [0, 0.05) is 98.1 Å². The minimum Gasteiger partial charge on any atom is -0.379 e. The van der Waals surface area contributed by atoms with Crippen molar-refractivity contribution in [3.8, 4) is 0 Å². The van der Waals surface area contributed by atoms with Gasteiger partial charge in [0.1, 0.15) is 0 Å². The van der Waals surface area contributed by atoms with Gasteiger partial charge in [0.25, 0.3) is 0 Å². The number of piperidine rings is 2. The number of ether oxygens (including phenoxy) is 1. The summed E-state index contributed by atoms with van der Waals surface area (Å²) in [6.07, 6.45) is 11.2. The highest BCUT2D eigenvalue weighted by molar-refractivity contribution is 5.78. The van der Waals surface area contributed by atoms with Crippen LogP contribution in [0, 0.1) is 0 Å². The van der Waals surface area contributed by atoms with Gasteiger partial charge in [-0.3, -0.25) is 39.0 Å². The van der Waals surface area contributed by atoms with Crippen molar-refractivity contribution < 1.29 is 14.3 Å². The minimum atomic E-state index is 0.123. The number of likely N-dealkylation sites (tertiary alicyclic amines) is 3. The van der Waals surface area contributed by atoms with Crippen molar-refractivity contribution in [2.75, 3.05) is 105 Å². The van der Waals surface area contributed by atoms with Crippen LogP contribution in [0.2, 0.25) is 0 Å². The summed E-state index contributed by atoms with van der Waals surface area (Å²) in [6.45, 7) is 63.5. The predicted octanol–water partition coefficient (Wildman–Crippen LogP) is 9.48. The van der Waals surface area contributed by atoms with Crippen molar-refractivity contribution in [1.29, 1.82) is 0 Å². The first-order valence-corrected chi connectivity index (χ1v) is 26.2. The molecule has 0 spiro atoms. The van der Waals surface area contributed by atoms with Crippen molar-refractivity contribution >= 4 is 11.8 Å². The molecule has 11 heteroatoms. The van der Waals surface area contributed by atoms with Gasteiger partial charge in [-0.15, -0.1) is 0 Å². The monoisotopic (exact) mass is 921 g/mol. The van der Waals surface area contributed by atoms with Gasteiger partial charge in [0.2, 0.25) is 11.8 Å². The third-order valence-corrected chi connectivity index (χ3v) is 13.9. The normalized spacial score (nSPS) is 22.8. The molecule has 11 nitrogen and oxygen atoms in total. The Balaban J connectivity index is 0.000000391. The average Bonchev–Trinajstić information content (AvgIpc) is 3.75. The molecule has 65 heavy (non-hydrogen) atoms. The largest absolute Gasteiger partial charge is 0.379 e. The van der Waals surface area contributed by atoms with Crippen LogP contribution in [0.25, 0.3) is 0 Å². The molecule has 0 atom stereocenters. The molecular weight excluding hydrogens is 809 g/mol.